The Labute approximate surface area is 192 Å². The zero-order valence-corrected chi connectivity index (χ0v) is 20.0. The molecule has 0 spiro atoms. The molecule has 0 unspecified atom stereocenters. The first-order chi connectivity index (χ1) is 13.7. The summed E-state index contributed by atoms with van der Waals surface area (Å²) in [5.41, 5.74) is 2.74. The molecule has 0 bridgehead atoms. The lowest BCUT2D eigenvalue weighted by atomic mass is 9.96. The van der Waals surface area contributed by atoms with Gasteiger partial charge < -0.3 is 15.1 Å². The molecule has 2 N–H and O–H groups in total. The van der Waals surface area contributed by atoms with Crippen LogP contribution in [0, 0.1) is 12.8 Å². The van der Waals surface area contributed by atoms with Gasteiger partial charge in [-0.2, -0.15) is 0 Å². The average Bonchev–Trinajstić information content (AvgIpc) is 3.22. The number of guanidine groups is 1. The summed E-state index contributed by atoms with van der Waals surface area (Å²) in [5, 5.41) is 6.76. The molecule has 0 radical (unpaired) electrons. The second kappa shape index (κ2) is 12.9. The Kier molecular flexibility index (Phi) is 10.6. The number of likely N-dealkylation sites (tertiary alicyclic amines) is 1. The summed E-state index contributed by atoms with van der Waals surface area (Å²) in [6.07, 6.45) is 5.04. The molecule has 2 heterocycles. The van der Waals surface area contributed by atoms with Crippen molar-refractivity contribution < 1.29 is 4.42 Å². The number of aliphatic imine (C=N–C) groups is 1. The van der Waals surface area contributed by atoms with E-state index in [1.54, 1.807) is 6.26 Å². The topological polar surface area (TPSA) is 52.8 Å². The molecule has 1 fully saturated rings. The Morgan fingerprint density at radius 2 is 1.90 bits per heavy atom. The molecule has 0 amide bonds. The van der Waals surface area contributed by atoms with E-state index in [1.165, 1.54) is 24.0 Å². The molecular weight excluding hydrogens is 475 g/mol. The van der Waals surface area contributed by atoms with Gasteiger partial charge in [-0.15, -0.1) is 24.0 Å². The maximum Gasteiger partial charge on any atom is 0.191 e. The number of benzene rings is 1. The van der Waals surface area contributed by atoms with Crippen molar-refractivity contribution in [3.05, 3.63) is 59.5 Å². The largest absolute Gasteiger partial charge is 0.469 e. The Morgan fingerprint density at radius 3 is 2.55 bits per heavy atom. The summed E-state index contributed by atoms with van der Waals surface area (Å²) in [4.78, 5) is 7.39. The number of nitrogens with one attached hydrogen (secondary N) is 2. The zero-order chi connectivity index (χ0) is 19.6. The number of nitrogens with zero attached hydrogens (tertiary/aromatic N) is 2. The SMILES string of the molecule is CCNC(=NCC1CCN(Cc2ccc(C)cc2)CC1)NCCc1ccco1.I. The third kappa shape index (κ3) is 8.38. The molecule has 29 heavy (non-hydrogen) atoms. The van der Waals surface area contributed by atoms with E-state index in [1.807, 2.05) is 12.1 Å². The van der Waals surface area contributed by atoms with Gasteiger partial charge in [0.2, 0.25) is 0 Å². The van der Waals surface area contributed by atoms with Crippen LogP contribution in [-0.2, 0) is 13.0 Å². The molecule has 6 heteroatoms. The van der Waals surface area contributed by atoms with Crippen LogP contribution in [0.5, 0.6) is 0 Å². The van der Waals surface area contributed by atoms with E-state index >= 15 is 0 Å². The Balaban J connectivity index is 0.00000300. The normalized spacial score (nSPS) is 15.7. The van der Waals surface area contributed by atoms with E-state index in [-0.39, 0.29) is 24.0 Å². The van der Waals surface area contributed by atoms with E-state index in [9.17, 15) is 0 Å². The zero-order valence-electron chi connectivity index (χ0n) is 17.7. The first-order valence-corrected chi connectivity index (χ1v) is 10.6. The molecule has 0 aliphatic carbocycles. The fraction of sp³-hybridized carbons (Fsp3) is 0.522. The molecule has 0 atom stereocenters. The summed E-state index contributed by atoms with van der Waals surface area (Å²) >= 11 is 0. The van der Waals surface area contributed by atoms with Gasteiger partial charge in [0.15, 0.2) is 5.96 Å². The summed E-state index contributed by atoms with van der Waals surface area (Å²) in [6.45, 7) is 10.2. The first kappa shape index (κ1) is 23.7. The van der Waals surface area contributed by atoms with E-state index in [2.05, 4.69) is 53.6 Å². The summed E-state index contributed by atoms with van der Waals surface area (Å²) < 4.78 is 5.38. The smallest absolute Gasteiger partial charge is 0.191 e. The lowest BCUT2D eigenvalue weighted by Crippen LogP contribution is -2.39. The standard InChI is InChI=1S/C23H34N4O.HI/c1-3-24-23(25-13-10-22-5-4-16-28-22)26-17-20-11-14-27(15-12-20)18-21-8-6-19(2)7-9-21;/h4-9,16,20H,3,10-15,17-18H2,1-2H3,(H2,24,25,26);1H. The summed E-state index contributed by atoms with van der Waals surface area (Å²) in [7, 11) is 0. The van der Waals surface area contributed by atoms with Crippen LogP contribution >= 0.6 is 24.0 Å². The number of hydrogen-bond acceptors (Lipinski definition) is 3. The molecular formula is C23H35IN4O. The predicted octanol–water partition coefficient (Wildman–Crippen LogP) is 4.22. The van der Waals surface area contributed by atoms with Gasteiger partial charge in [0.25, 0.3) is 0 Å². The van der Waals surface area contributed by atoms with Gasteiger partial charge in [-0.25, -0.2) is 0 Å². The van der Waals surface area contributed by atoms with Crippen molar-refractivity contribution in [3.8, 4) is 0 Å². The monoisotopic (exact) mass is 510 g/mol. The maximum atomic E-state index is 5.38. The second-order valence-corrected chi connectivity index (χ2v) is 7.68. The molecule has 3 rings (SSSR count). The van der Waals surface area contributed by atoms with E-state index in [0.29, 0.717) is 5.92 Å². The first-order valence-electron chi connectivity index (χ1n) is 10.6. The number of hydrogen-bond donors (Lipinski definition) is 2. The van der Waals surface area contributed by atoms with Crippen molar-refractivity contribution in [1.82, 2.24) is 15.5 Å². The number of piperidine rings is 1. The van der Waals surface area contributed by atoms with Gasteiger partial charge in [-0.3, -0.25) is 9.89 Å². The summed E-state index contributed by atoms with van der Waals surface area (Å²) in [6, 6.07) is 12.9. The average molecular weight is 510 g/mol. The minimum atomic E-state index is 0. The minimum Gasteiger partial charge on any atom is -0.469 e. The molecule has 1 aromatic carbocycles. The molecule has 1 aromatic heterocycles. The highest BCUT2D eigenvalue weighted by atomic mass is 127. The highest BCUT2D eigenvalue weighted by molar-refractivity contribution is 14.0. The van der Waals surface area contributed by atoms with Crippen molar-refractivity contribution >= 4 is 29.9 Å². The van der Waals surface area contributed by atoms with Crippen LogP contribution < -0.4 is 10.6 Å². The van der Waals surface area contributed by atoms with Gasteiger partial charge in [-0.05, 0) is 63.4 Å². The fourth-order valence-electron chi connectivity index (χ4n) is 3.60. The lowest BCUT2D eigenvalue weighted by Gasteiger charge is -2.31. The van der Waals surface area contributed by atoms with Gasteiger partial charge in [0, 0.05) is 32.6 Å². The molecule has 1 aliphatic rings. The van der Waals surface area contributed by atoms with Gasteiger partial charge in [0.05, 0.1) is 6.26 Å². The van der Waals surface area contributed by atoms with Crippen molar-refractivity contribution in [2.75, 3.05) is 32.7 Å². The van der Waals surface area contributed by atoms with Crippen molar-refractivity contribution in [2.24, 2.45) is 10.9 Å². The van der Waals surface area contributed by atoms with Crippen LogP contribution in [0.15, 0.2) is 52.1 Å². The Bertz CT molecular complexity index is 707. The molecule has 0 saturated carbocycles. The van der Waals surface area contributed by atoms with E-state index in [4.69, 9.17) is 9.41 Å². The quantitative estimate of drug-likeness (QED) is 0.318. The van der Waals surface area contributed by atoms with Crippen molar-refractivity contribution in [2.45, 2.75) is 39.7 Å². The second-order valence-electron chi connectivity index (χ2n) is 7.68. The minimum absolute atomic E-state index is 0. The highest BCUT2D eigenvalue weighted by Gasteiger charge is 2.19. The van der Waals surface area contributed by atoms with Gasteiger partial charge in [-0.1, -0.05) is 29.8 Å². The van der Waals surface area contributed by atoms with E-state index in [0.717, 1.165) is 57.4 Å². The highest BCUT2D eigenvalue weighted by Crippen LogP contribution is 2.19. The third-order valence-corrected chi connectivity index (χ3v) is 5.33. The lowest BCUT2D eigenvalue weighted by molar-refractivity contribution is 0.180. The molecule has 1 saturated heterocycles. The molecule has 160 valence electrons. The third-order valence-electron chi connectivity index (χ3n) is 5.33. The van der Waals surface area contributed by atoms with Crippen LogP contribution in [0.3, 0.4) is 0 Å². The number of rotatable bonds is 8. The van der Waals surface area contributed by atoms with Crippen molar-refractivity contribution in [3.63, 3.8) is 0 Å². The number of halogens is 1. The van der Waals surface area contributed by atoms with Crippen LogP contribution in [0.1, 0.15) is 36.7 Å². The molecule has 5 nitrogen and oxygen atoms in total. The van der Waals surface area contributed by atoms with E-state index < -0.39 is 0 Å². The van der Waals surface area contributed by atoms with Gasteiger partial charge in [0.1, 0.15) is 5.76 Å². The van der Waals surface area contributed by atoms with Crippen LogP contribution in [0.4, 0.5) is 0 Å². The van der Waals surface area contributed by atoms with Crippen LogP contribution in [0.25, 0.3) is 0 Å². The fourth-order valence-corrected chi connectivity index (χ4v) is 3.60. The number of furan rings is 1. The number of aryl methyl sites for hydroxylation is 1. The predicted molar refractivity (Wildman–Crippen MR) is 131 cm³/mol. The molecule has 2 aromatic rings. The maximum absolute atomic E-state index is 5.38. The van der Waals surface area contributed by atoms with Crippen LogP contribution in [-0.4, -0.2) is 43.6 Å². The Hall–Kier alpha value is -1.54. The summed E-state index contributed by atoms with van der Waals surface area (Å²) in [5.74, 6) is 2.59. The Morgan fingerprint density at radius 1 is 1.14 bits per heavy atom. The van der Waals surface area contributed by atoms with Crippen molar-refractivity contribution in [1.29, 1.82) is 0 Å². The van der Waals surface area contributed by atoms with Crippen LogP contribution in [0.2, 0.25) is 0 Å². The van der Waals surface area contributed by atoms with Gasteiger partial charge >= 0.3 is 0 Å². The molecule has 1 aliphatic heterocycles.